The molecule has 1 aliphatic heterocycles. The van der Waals surface area contributed by atoms with Gasteiger partial charge in [-0.05, 0) is 60.2 Å². The number of sulfonamides is 1. The van der Waals surface area contributed by atoms with Gasteiger partial charge in [-0.25, -0.2) is 8.42 Å². The molecule has 0 bridgehead atoms. The summed E-state index contributed by atoms with van der Waals surface area (Å²) in [7, 11) is -3.82. The SMILES string of the molecule is CC(=O)c1ccc(NC(=O)C2Cc3ccccc3CN2S(=O)(=O)c2cccs2)cc1. The van der Waals surface area contributed by atoms with Gasteiger partial charge in [0.2, 0.25) is 5.91 Å². The molecule has 0 aliphatic carbocycles. The van der Waals surface area contributed by atoms with Gasteiger partial charge in [0.25, 0.3) is 10.0 Å². The molecule has 4 rings (SSSR count). The van der Waals surface area contributed by atoms with Gasteiger partial charge < -0.3 is 5.32 Å². The smallest absolute Gasteiger partial charge is 0.253 e. The molecular formula is C22H20N2O4S2. The van der Waals surface area contributed by atoms with Crippen molar-refractivity contribution in [3.05, 3.63) is 82.7 Å². The summed E-state index contributed by atoms with van der Waals surface area (Å²) in [4.78, 5) is 24.6. The third-order valence-electron chi connectivity index (χ3n) is 5.13. The molecule has 1 atom stereocenters. The molecule has 2 heterocycles. The highest BCUT2D eigenvalue weighted by molar-refractivity contribution is 7.91. The van der Waals surface area contributed by atoms with Crippen molar-refractivity contribution < 1.29 is 18.0 Å². The Morgan fingerprint density at radius 2 is 1.70 bits per heavy atom. The lowest BCUT2D eigenvalue weighted by atomic mass is 9.95. The molecule has 0 saturated carbocycles. The molecular weight excluding hydrogens is 420 g/mol. The van der Waals surface area contributed by atoms with Crippen LogP contribution in [-0.2, 0) is 27.8 Å². The number of fused-ring (bicyclic) bond motifs is 1. The van der Waals surface area contributed by atoms with Gasteiger partial charge in [-0.2, -0.15) is 4.31 Å². The molecule has 154 valence electrons. The maximum atomic E-state index is 13.3. The van der Waals surface area contributed by atoms with Crippen LogP contribution in [0.15, 0.2) is 70.3 Å². The summed E-state index contributed by atoms with van der Waals surface area (Å²) in [5, 5.41) is 4.51. The number of thiophene rings is 1. The summed E-state index contributed by atoms with van der Waals surface area (Å²) < 4.78 is 28.0. The van der Waals surface area contributed by atoms with Gasteiger partial charge in [-0.1, -0.05) is 30.3 Å². The average Bonchev–Trinajstić information content (AvgIpc) is 3.29. The van der Waals surface area contributed by atoms with E-state index in [0.717, 1.165) is 22.5 Å². The van der Waals surface area contributed by atoms with E-state index in [9.17, 15) is 18.0 Å². The first-order valence-electron chi connectivity index (χ1n) is 9.40. The Morgan fingerprint density at radius 1 is 1.00 bits per heavy atom. The number of ketones is 1. The second-order valence-corrected chi connectivity index (χ2v) is 10.2. The monoisotopic (exact) mass is 440 g/mol. The topological polar surface area (TPSA) is 83.6 Å². The largest absolute Gasteiger partial charge is 0.325 e. The molecule has 8 heteroatoms. The molecule has 1 aromatic heterocycles. The Kier molecular flexibility index (Phi) is 5.55. The van der Waals surface area contributed by atoms with Crippen LogP contribution in [0.3, 0.4) is 0 Å². The van der Waals surface area contributed by atoms with E-state index < -0.39 is 22.0 Å². The van der Waals surface area contributed by atoms with Crippen molar-refractivity contribution >= 4 is 38.7 Å². The zero-order valence-electron chi connectivity index (χ0n) is 16.2. The molecule has 30 heavy (non-hydrogen) atoms. The maximum absolute atomic E-state index is 13.3. The third kappa shape index (κ3) is 3.94. The molecule has 0 fully saturated rings. The standard InChI is InChI=1S/C22H20N2O4S2/c1-15(25)16-8-10-19(11-9-16)23-22(26)20-13-17-5-2-3-6-18(17)14-24(20)30(27,28)21-7-4-12-29-21/h2-12,20H,13-14H2,1H3,(H,23,26). The van der Waals surface area contributed by atoms with E-state index in [0.29, 0.717) is 11.3 Å². The van der Waals surface area contributed by atoms with Crippen LogP contribution in [0.5, 0.6) is 0 Å². The van der Waals surface area contributed by atoms with Crippen molar-refractivity contribution in [1.82, 2.24) is 4.31 Å². The van der Waals surface area contributed by atoms with Crippen LogP contribution >= 0.6 is 11.3 Å². The lowest BCUT2D eigenvalue weighted by molar-refractivity contribution is -0.120. The van der Waals surface area contributed by atoms with Gasteiger partial charge in [0.05, 0.1) is 0 Å². The van der Waals surface area contributed by atoms with Crippen molar-refractivity contribution in [1.29, 1.82) is 0 Å². The number of nitrogens with zero attached hydrogens (tertiary/aromatic N) is 1. The Balaban J connectivity index is 1.66. The molecule has 1 amide bonds. The number of carbonyl (C=O) groups excluding carboxylic acids is 2. The van der Waals surface area contributed by atoms with Gasteiger partial charge in [-0.3, -0.25) is 9.59 Å². The fourth-order valence-corrected chi connectivity index (χ4v) is 6.20. The fourth-order valence-electron chi connectivity index (χ4n) is 3.51. The van der Waals surface area contributed by atoms with E-state index in [-0.39, 0.29) is 23.0 Å². The number of Topliss-reactive ketones (excluding diaryl/α,β-unsaturated/α-hetero) is 1. The summed E-state index contributed by atoms with van der Waals surface area (Å²) in [5.74, 6) is -0.467. The lowest BCUT2D eigenvalue weighted by Gasteiger charge is -2.34. The predicted octanol–water partition coefficient (Wildman–Crippen LogP) is 3.71. The van der Waals surface area contributed by atoms with Gasteiger partial charge in [0.15, 0.2) is 5.78 Å². The Labute approximate surface area is 179 Å². The maximum Gasteiger partial charge on any atom is 0.253 e. The Morgan fingerprint density at radius 3 is 2.33 bits per heavy atom. The number of benzene rings is 2. The number of amides is 1. The van der Waals surface area contributed by atoms with Crippen molar-refractivity contribution in [2.24, 2.45) is 0 Å². The Bertz CT molecular complexity index is 1190. The summed E-state index contributed by atoms with van der Waals surface area (Å²) in [5.41, 5.74) is 2.91. The first-order valence-corrected chi connectivity index (χ1v) is 11.7. The third-order valence-corrected chi connectivity index (χ3v) is 8.35. The molecule has 1 unspecified atom stereocenters. The molecule has 0 radical (unpaired) electrons. The highest BCUT2D eigenvalue weighted by atomic mass is 32.2. The summed E-state index contributed by atoms with van der Waals surface area (Å²) in [6.45, 7) is 1.61. The average molecular weight is 441 g/mol. The van der Waals surface area contributed by atoms with E-state index in [1.54, 1.807) is 41.8 Å². The number of hydrogen-bond donors (Lipinski definition) is 1. The molecule has 1 N–H and O–H groups in total. The van der Waals surface area contributed by atoms with Crippen LogP contribution in [0.1, 0.15) is 28.4 Å². The van der Waals surface area contributed by atoms with Crippen LogP contribution in [0.2, 0.25) is 0 Å². The van der Waals surface area contributed by atoms with Crippen molar-refractivity contribution in [2.75, 3.05) is 5.32 Å². The van der Waals surface area contributed by atoms with Crippen LogP contribution in [-0.4, -0.2) is 30.5 Å². The van der Waals surface area contributed by atoms with Gasteiger partial charge in [0.1, 0.15) is 10.3 Å². The summed E-state index contributed by atoms with van der Waals surface area (Å²) in [6.07, 6.45) is 0.290. The van der Waals surface area contributed by atoms with Crippen LogP contribution in [0.4, 0.5) is 5.69 Å². The number of anilines is 1. The second-order valence-electron chi connectivity index (χ2n) is 7.09. The van der Waals surface area contributed by atoms with E-state index in [2.05, 4.69) is 5.32 Å². The first kappa shape index (κ1) is 20.5. The van der Waals surface area contributed by atoms with Gasteiger partial charge in [0, 0.05) is 17.8 Å². The number of hydrogen-bond acceptors (Lipinski definition) is 5. The second kappa shape index (κ2) is 8.14. The molecule has 2 aromatic carbocycles. The van der Waals surface area contributed by atoms with E-state index >= 15 is 0 Å². The normalized spacial score (nSPS) is 16.6. The van der Waals surface area contributed by atoms with Crippen LogP contribution in [0.25, 0.3) is 0 Å². The first-order chi connectivity index (χ1) is 14.4. The minimum atomic E-state index is -3.82. The van der Waals surface area contributed by atoms with Crippen LogP contribution < -0.4 is 5.32 Å². The highest BCUT2D eigenvalue weighted by Crippen LogP contribution is 2.31. The Hall–Kier alpha value is -2.81. The minimum absolute atomic E-state index is 0.0648. The van der Waals surface area contributed by atoms with Crippen molar-refractivity contribution in [3.8, 4) is 0 Å². The van der Waals surface area contributed by atoms with Gasteiger partial charge >= 0.3 is 0 Å². The molecule has 1 aliphatic rings. The minimum Gasteiger partial charge on any atom is -0.325 e. The fraction of sp³-hybridized carbons (Fsp3) is 0.182. The number of nitrogens with one attached hydrogen (secondary N) is 1. The summed E-state index contributed by atoms with van der Waals surface area (Å²) in [6, 6.07) is 16.5. The lowest BCUT2D eigenvalue weighted by Crippen LogP contribution is -2.50. The van der Waals surface area contributed by atoms with Crippen LogP contribution in [0, 0.1) is 0 Å². The highest BCUT2D eigenvalue weighted by Gasteiger charge is 2.40. The number of carbonyl (C=O) groups is 2. The predicted molar refractivity (Wildman–Crippen MR) is 116 cm³/mol. The molecule has 6 nitrogen and oxygen atoms in total. The van der Waals surface area contributed by atoms with E-state index in [1.165, 1.54) is 11.2 Å². The molecule has 0 spiro atoms. The quantitative estimate of drug-likeness (QED) is 0.613. The van der Waals surface area contributed by atoms with E-state index in [1.807, 2.05) is 24.3 Å². The zero-order chi connectivity index (χ0) is 21.3. The van der Waals surface area contributed by atoms with Gasteiger partial charge in [-0.15, -0.1) is 11.3 Å². The van der Waals surface area contributed by atoms with Crippen molar-refractivity contribution in [3.63, 3.8) is 0 Å². The number of rotatable bonds is 5. The van der Waals surface area contributed by atoms with Crippen molar-refractivity contribution in [2.45, 2.75) is 30.1 Å². The zero-order valence-corrected chi connectivity index (χ0v) is 17.9. The molecule has 0 saturated heterocycles. The summed E-state index contributed by atoms with van der Waals surface area (Å²) >= 11 is 1.13. The van der Waals surface area contributed by atoms with E-state index in [4.69, 9.17) is 0 Å². The molecule has 3 aromatic rings.